The molecule has 0 radical (unpaired) electrons. The normalized spacial score (nSPS) is 34.3. The number of fused-ring (bicyclic) bond motifs is 5. The number of hydrogen-bond acceptors (Lipinski definition) is 2. The summed E-state index contributed by atoms with van der Waals surface area (Å²) < 4.78 is 11.5. The summed E-state index contributed by atoms with van der Waals surface area (Å²) in [7, 11) is 0.903. The minimum Gasteiger partial charge on any atom is -0.335 e. The van der Waals surface area contributed by atoms with Gasteiger partial charge in [0.2, 0.25) is 0 Å². The van der Waals surface area contributed by atoms with Crippen molar-refractivity contribution < 1.29 is 9.00 Å². The van der Waals surface area contributed by atoms with Crippen molar-refractivity contribution in [3.8, 4) is 0 Å². The molecule has 0 saturated heterocycles. The van der Waals surface area contributed by atoms with Crippen LogP contribution in [0.3, 0.4) is 0 Å². The molecule has 26 heavy (non-hydrogen) atoms. The molecule has 4 rings (SSSR count). The second kappa shape index (κ2) is 6.99. The van der Waals surface area contributed by atoms with Gasteiger partial charge in [-0.15, -0.1) is 0 Å². The topological polar surface area (TPSA) is 49.4 Å². The summed E-state index contributed by atoms with van der Waals surface area (Å²) in [6.45, 7) is 2.05. The molecule has 4 nitrogen and oxygen atoms in total. The zero-order valence-electron chi connectivity index (χ0n) is 16.0. The number of carbonyl (C=O) groups excluding carboxylic acids is 1. The fourth-order valence-electron chi connectivity index (χ4n) is 5.83. The number of nitrogens with zero attached hydrogens (tertiary/aromatic N) is 1. The van der Waals surface area contributed by atoms with Crippen LogP contribution in [0.1, 0.15) is 50.6 Å². The van der Waals surface area contributed by atoms with E-state index in [0.717, 1.165) is 28.2 Å². The largest absolute Gasteiger partial charge is 0.335 e. The van der Waals surface area contributed by atoms with Gasteiger partial charge in [-0.25, -0.2) is 4.79 Å². The molecular formula is C21H30N2O2S. The van der Waals surface area contributed by atoms with Gasteiger partial charge in [-0.2, -0.15) is 0 Å². The number of urea groups is 1. The third-order valence-corrected chi connectivity index (χ3v) is 8.27. The monoisotopic (exact) mass is 374 g/mol. The van der Waals surface area contributed by atoms with Crippen LogP contribution in [0.4, 0.5) is 4.79 Å². The summed E-state index contributed by atoms with van der Waals surface area (Å²) in [6.07, 6.45) is 8.37. The predicted molar refractivity (Wildman–Crippen MR) is 104 cm³/mol. The van der Waals surface area contributed by atoms with Crippen LogP contribution in [-0.2, 0) is 10.8 Å². The van der Waals surface area contributed by atoms with Crippen LogP contribution >= 0.6 is 0 Å². The zero-order chi connectivity index (χ0) is 18.4. The highest BCUT2D eigenvalue weighted by Crippen LogP contribution is 2.58. The van der Waals surface area contributed by atoms with E-state index in [1.54, 1.807) is 11.2 Å². The van der Waals surface area contributed by atoms with E-state index in [1.807, 2.05) is 38.2 Å². The lowest BCUT2D eigenvalue weighted by atomic mass is 9.79. The SMILES string of the molecule is C[C@H](c1ccc([S@](C)=O)cc1)N(C)C(=O)N[C@@H]1C[C@H]2C[C@H]1[C@H]1CCC[C@H]21. The highest BCUT2D eigenvalue weighted by molar-refractivity contribution is 7.84. The molecule has 1 aromatic rings. The smallest absolute Gasteiger partial charge is 0.317 e. The molecule has 3 saturated carbocycles. The summed E-state index contributed by atoms with van der Waals surface area (Å²) in [5.74, 6) is 3.37. The summed E-state index contributed by atoms with van der Waals surface area (Å²) >= 11 is 0. The molecule has 0 aromatic heterocycles. The van der Waals surface area contributed by atoms with Crippen molar-refractivity contribution in [1.29, 1.82) is 0 Å². The van der Waals surface area contributed by atoms with Gasteiger partial charge in [-0.05, 0) is 74.0 Å². The third-order valence-electron chi connectivity index (χ3n) is 7.33. The first kappa shape index (κ1) is 18.0. The number of amides is 2. The number of benzene rings is 1. The molecule has 7 atom stereocenters. The molecule has 3 aliphatic rings. The van der Waals surface area contributed by atoms with E-state index in [0.29, 0.717) is 12.0 Å². The quantitative estimate of drug-likeness (QED) is 0.867. The molecule has 2 bridgehead atoms. The molecule has 0 unspecified atom stereocenters. The maximum Gasteiger partial charge on any atom is 0.317 e. The zero-order valence-corrected chi connectivity index (χ0v) is 16.8. The van der Waals surface area contributed by atoms with Crippen LogP contribution < -0.4 is 5.32 Å². The highest BCUT2D eigenvalue weighted by Gasteiger charge is 2.54. The Labute approximate surface area is 159 Å². The van der Waals surface area contributed by atoms with Crippen molar-refractivity contribution in [1.82, 2.24) is 10.2 Å². The fourth-order valence-corrected chi connectivity index (χ4v) is 6.35. The van der Waals surface area contributed by atoms with E-state index in [-0.39, 0.29) is 12.1 Å². The standard InChI is InChI=1S/C21H30N2O2S/c1-13(14-7-9-16(10-8-14)26(3)25)23(2)21(24)22-20-12-15-11-19(20)18-6-4-5-17(15)18/h7-10,13,15,17-20H,4-6,11-12H2,1-3H3,(H,22,24)/t13-,15-,17-,18+,19+,20-,26+/m1/s1. The van der Waals surface area contributed by atoms with E-state index in [1.165, 1.54) is 32.1 Å². The van der Waals surface area contributed by atoms with Gasteiger partial charge in [-0.3, -0.25) is 4.21 Å². The number of nitrogens with one attached hydrogen (secondary N) is 1. The summed E-state index contributed by atoms with van der Waals surface area (Å²) in [6, 6.07) is 8.14. The van der Waals surface area contributed by atoms with Gasteiger partial charge in [0.15, 0.2) is 0 Å². The average Bonchev–Trinajstić information content (AvgIpc) is 3.33. The van der Waals surface area contributed by atoms with E-state index >= 15 is 0 Å². The lowest BCUT2D eigenvalue weighted by molar-refractivity contribution is 0.169. The number of rotatable bonds is 4. The Hall–Kier alpha value is -1.36. The maximum atomic E-state index is 12.8. The fraction of sp³-hybridized carbons (Fsp3) is 0.667. The van der Waals surface area contributed by atoms with Crippen LogP contribution in [0.5, 0.6) is 0 Å². The molecule has 0 heterocycles. The lowest BCUT2D eigenvalue weighted by Gasteiger charge is -2.34. The molecule has 2 amide bonds. The van der Waals surface area contributed by atoms with E-state index in [2.05, 4.69) is 5.32 Å². The van der Waals surface area contributed by atoms with Gasteiger partial charge in [0.05, 0.1) is 6.04 Å². The van der Waals surface area contributed by atoms with Gasteiger partial charge in [0.1, 0.15) is 0 Å². The molecule has 0 spiro atoms. The average molecular weight is 375 g/mol. The molecule has 0 aliphatic heterocycles. The second-order valence-corrected chi connectivity index (χ2v) is 9.90. The molecule has 3 fully saturated rings. The molecule has 5 heteroatoms. The Bertz CT molecular complexity index is 704. The van der Waals surface area contributed by atoms with Gasteiger partial charge < -0.3 is 10.2 Å². The van der Waals surface area contributed by atoms with E-state index in [4.69, 9.17) is 0 Å². The van der Waals surface area contributed by atoms with E-state index < -0.39 is 10.8 Å². The maximum absolute atomic E-state index is 12.8. The number of hydrogen-bond donors (Lipinski definition) is 1. The van der Waals surface area contributed by atoms with Crippen molar-refractivity contribution in [2.45, 2.75) is 56.0 Å². The summed E-state index contributed by atoms with van der Waals surface area (Å²) in [5, 5.41) is 3.34. The van der Waals surface area contributed by atoms with E-state index in [9.17, 15) is 9.00 Å². The summed E-state index contributed by atoms with van der Waals surface area (Å²) in [4.78, 5) is 15.4. The first-order valence-corrected chi connectivity index (χ1v) is 11.5. The number of carbonyl (C=O) groups is 1. The molecule has 1 aromatic carbocycles. The molecule has 3 aliphatic carbocycles. The Morgan fingerprint density at radius 3 is 2.54 bits per heavy atom. The van der Waals surface area contributed by atoms with Crippen LogP contribution in [0, 0.1) is 23.7 Å². The first-order chi connectivity index (χ1) is 12.5. The van der Waals surface area contributed by atoms with Gasteiger partial charge in [-0.1, -0.05) is 18.6 Å². The minimum atomic E-state index is -0.970. The third kappa shape index (κ3) is 3.08. The van der Waals surface area contributed by atoms with Crippen molar-refractivity contribution in [2.24, 2.45) is 23.7 Å². The lowest BCUT2D eigenvalue weighted by Crippen LogP contribution is -2.48. The van der Waals surface area contributed by atoms with Crippen molar-refractivity contribution >= 4 is 16.8 Å². The van der Waals surface area contributed by atoms with Crippen molar-refractivity contribution in [2.75, 3.05) is 13.3 Å². The van der Waals surface area contributed by atoms with Crippen molar-refractivity contribution in [3.05, 3.63) is 29.8 Å². The Balaban J connectivity index is 1.38. The minimum absolute atomic E-state index is 0.00726. The first-order valence-electron chi connectivity index (χ1n) is 9.92. The second-order valence-electron chi connectivity index (χ2n) is 8.52. The van der Waals surface area contributed by atoms with Crippen LogP contribution in [0.15, 0.2) is 29.2 Å². The molecule has 1 N–H and O–H groups in total. The van der Waals surface area contributed by atoms with Crippen LogP contribution in [0.2, 0.25) is 0 Å². The predicted octanol–water partition coefficient (Wildman–Crippen LogP) is 3.95. The Morgan fingerprint density at radius 2 is 1.85 bits per heavy atom. The van der Waals surface area contributed by atoms with Gasteiger partial charge in [0.25, 0.3) is 0 Å². The van der Waals surface area contributed by atoms with Crippen LogP contribution in [0.25, 0.3) is 0 Å². The Morgan fingerprint density at radius 1 is 1.15 bits per heavy atom. The van der Waals surface area contributed by atoms with Crippen molar-refractivity contribution in [3.63, 3.8) is 0 Å². The molecular weight excluding hydrogens is 344 g/mol. The van der Waals surface area contributed by atoms with Gasteiger partial charge in [0, 0.05) is 35.0 Å². The highest BCUT2D eigenvalue weighted by atomic mass is 32.2. The van der Waals surface area contributed by atoms with Gasteiger partial charge >= 0.3 is 6.03 Å². The Kier molecular flexibility index (Phi) is 4.84. The van der Waals surface area contributed by atoms with Crippen LogP contribution in [-0.4, -0.2) is 34.5 Å². The summed E-state index contributed by atoms with van der Waals surface area (Å²) in [5.41, 5.74) is 1.07. The molecule has 142 valence electrons.